The first-order chi connectivity index (χ1) is 7.12. The van der Waals surface area contributed by atoms with Gasteiger partial charge in [-0.15, -0.1) is 24.8 Å². The summed E-state index contributed by atoms with van der Waals surface area (Å²) in [6.45, 7) is 0.575. The Balaban J connectivity index is 0.00000128. The standard InChI is InChI=1S/C11H15N3O.2ClH/c1-14(10(15)11(12)4-5-11)8-9-3-2-6-13-7-9;;/h2-3,6-7H,4-5,8,12H2,1H3;2*1H. The molecule has 1 amide bonds. The Morgan fingerprint density at radius 3 is 2.65 bits per heavy atom. The summed E-state index contributed by atoms with van der Waals surface area (Å²) in [5.74, 6) is 0.0337. The molecule has 0 unspecified atom stereocenters. The topological polar surface area (TPSA) is 59.2 Å². The zero-order valence-corrected chi connectivity index (χ0v) is 11.3. The number of pyridine rings is 1. The minimum atomic E-state index is -0.572. The van der Waals surface area contributed by atoms with Crippen molar-refractivity contribution >= 4 is 30.7 Å². The number of rotatable bonds is 3. The van der Waals surface area contributed by atoms with Crippen molar-refractivity contribution in [1.29, 1.82) is 0 Å². The molecule has 17 heavy (non-hydrogen) atoms. The fourth-order valence-electron chi connectivity index (χ4n) is 1.57. The molecule has 1 fully saturated rings. The van der Waals surface area contributed by atoms with Gasteiger partial charge in [-0.1, -0.05) is 6.07 Å². The summed E-state index contributed by atoms with van der Waals surface area (Å²) in [4.78, 5) is 17.5. The third-order valence-electron chi connectivity index (χ3n) is 2.70. The van der Waals surface area contributed by atoms with Crippen molar-refractivity contribution in [3.63, 3.8) is 0 Å². The van der Waals surface area contributed by atoms with E-state index in [0.717, 1.165) is 18.4 Å². The van der Waals surface area contributed by atoms with Gasteiger partial charge >= 0.3 is 0 Å². The van der Waals surface area contributed by atoms with Gasteiger partial charge in [-0.25, -0.2) is 0 Å². The maximum absolute atomic E-state index is 11.8. The van der Waals surface area contributed by atoms with E-state index < -0.39 is 5.54 Å². The van der Waals surface area contributed by atoms with Crippen molar-refractivity contribution in [2.45, 2.75) is 24.9 Å². The molecule has 0 aromatic carbocycles. The number of hydrogen-bond acceptors (Lipinski definition) is 3. The predicted molar refractivity (Wildman–Crippen MR) is 71.4 cm³/mol. The lowest BCUT2D eigenvalue weighted by atomic mass is 10.2. The van der Waals surface area contributed by atoms with Crippen molar-refractivity contribution in [2.75, 3.05) is 7.05 Å². The van der Waals surface area contributed by atoms with Crippen molar-refractivity contribution in [3.05, 3.63) is 30.1 Å². The van der Waals surface area contributed by atoms with E-state index in [1.54, 1.807) is 24.3 Å². The van der Waals surface area contributed by atoms with Gasteiger partial charge in [0.15, 0.2) is 0 Å². The summed E-state index contributed by atoms with van der Waals surface area (Å²) in [6.07, 6.45) is 5.10. The molecule has 1 saturated carbocycles. The molecule has 0 bridgehead atoms. The molecule has 1 heterocycles. The molecular formula is C11H17Cl2N3O. The molecule has 2 N–H and O–H groups in total. The van der Waals surface area contributed by atoms with Crippen LogP contribution < -0.4 is 5.73 Å². The van der Waals surface area contributed by atoms with E-state index in [-0.39, 0.29) is 30.7 Å². The SMILES string of the molecule is CN(Cc1cccnc1)C(=O)C1(N)CC1.Cl.Cl. The second-order valence-corrected chi connectivity index (χ2v) is 4.18. The van der Waals surface area contributed by atoms with E-state index in [4.69, 9.17) is 5.73 Å². The number of likely N-dealkylation sites (N-methyl/N-ethyl adjacent to an activating group) is 1. The zero-order valence-electron chi connectivity index (χ0n) is 9.63. The highest BCUT2D eigenvalue weighted by Crippen LogP contribution is 2.34. The van der Waals surface area contributed by atoms with Crippen LogP contribution in [0.3, 0.4) is 0 Å². The van der Waals surface area contributed by atoms with Gasteiger partial charge in [0.2, 0.25) is 5.91 Å². The van der Waals surface area contributed by atoms with E-state index in [9.17, 15) is 4.79 Å². The smallest absolute Gasteiger partial charge is 0.242 e. The lowest BCUT2D eigenvalue weighted by Gasteiger charge is -2.20. The molecule has 0 radical (unpaired) electrons. The number of nitrogens with two attached hydrogens (primary N) is 1. The Morgan fingerprint density at radius 1 is 1.53 bits per heavy atom. The van der Waals surface area contributed by atoms with Crippen molar-refractivity contribution in [2.24, 2.45) is 5.73 Å². The highest BCUT2D eigenvalue weighted by atomic mass is 35.5. The number of halogens is 2. The maximum atomic E-state index is 11.8. The number of nitrogens with zero attached hydrogens (tertiary/aromatic N) is 2. The average molecular weight is 278 g/mol. The van der Waals surface area contributed by atoms with Crippen LogP contribution in [0, 0.1) is 0 Å². The average Bonchev–Trinajstić information content (AvgIpc) is 2.98. The first-order valence-corrected chi connectivity index (χ1v) is 5.05. The van der Waals surface area contributed by atoms with Crippen LogP contribution in [0.1, 0.15) is 18.4 Å². The van der Waals surface area contributed by atoms with Crippen LogP contribution in [0.5, 0.6) is 0 Å². The van der Waals surface area contributed by atoms with Crippen LogP contribution in [0.4, 0.5) is 0 Å². The van der Waals surface area contributed by atoms with Crippen LogP contribution in [0.2, 0.25) is 0 Å². The second kappa shape index (κ2) is 6.19. The molecule has 0 saturated heterocycles. The van der Waals surface area contributed by atoms with Gasteiger partial charge in [-0.2, -0.15) is 0 Å². The molecule has 0 spiro atoms. The Bertz CT molecular complexity index is 368. The molecule has 1 aromatic heterocycles. The number of amides is 1. The van der Waals surface area contributed by atoms with E-state index in [0.29, 0.717) is 6.54 Å². The summed E-state index contributed by atoms with van der Waals surface area (Å²) < 4.78 is 0. The molecule has 1 aromatic rings. The van der Waals surface area contributed by atoms with E-state index >= 15 is 0 Å². The van der Waals surface area contributed by atoms with E-state index in [1.165, 1.54) is 0 Å². The fraction of sp³-hybridized carbons (Fsp3) is 0.455. The Hall–Kier alpha value is -0.840. The van der Waals surface area contributed by atoms with Crippen molar-refractivity contribution in [1.82, 2.24) is 9.88 Å². The van der Waals surface area contributed by atoms with Gasteiger partial charge in [0.05, 0.1) is 5.54 Å². The Labute approximate surface area is 113 Å². The summed E-state index contributed by atoms with van der Waals surface area (Å²) in [5, 5.41) is 0. The Kier molecular flexibility index (Phi) is 5.88. The molecular weight excluding hydrogens is 261 g/mol. The summed E-state index contributed by atoms with van der Waals surface area (Å²) in [6, 6.07) is 3.82. The van der Waals surface area contributed by atoms with Crippen molar-refractivity contribution in [3.8, 4) is 0 Å². The van der Waals surface area contributed by atoms with Crippen LogP contribution in [-0.2, 0) is 11.3 Å². The lowest BCUT2D eigenvalue weighted by Crippen LogP contribution is -2.43. The largest absolute Gasteiger partial charge is 0.340 e. The first-order valence-electron chi connectivity index (χ1n) is 5.05. The summed E-state index contributed by atoms with van der Waals surface area (Å²) in [5.41, 5.74) is 6.29. The van der Waals surface area contributed by atoms with Gasteiger partial charge in [0, 0.05) is 26.0 Å². The molecule has 0 atom stereocenters. The third-order valence-corrected chi connectivity index (χ3v) is 2.70. The minimum Gasteiger partial charge on any atom is -0.340 e. The molecule has 1 aliphatic carbocycles. The second-order valence-electron chi connectivity index (χ2n) is 4.18. The van der Waals surface area contributed by atoms with Crippen molar-refractivity contribution < 1.29 is 4.79 Å². The van der Waals surface area contributed by atoms with Gasteiger partial charge in [-0.3, -0.25) is 9.78 Å². The van der Waals surface area contributed by atoms with Crippen LogP contribution in [0.25, 0.3) is 0 Å². The third kappa shape index (κ3) is 3.84. The number of hydrogen-bond donors (Lipinski definition) is 1. The van der Waals surface area contributed by atoms with Gasteiger partial charge in [0.1, 0.15) is 0 Å². The molecule has 0 aliphatic heterocycles. The van der Waals surface area contributed by atoms with E-state index in [2.05, 4.69) is 4.98 Å². The fourth-order valence-corrected chi connectivity index (χ4v) is 1.57. The highest BCUT2D eigenvalue weighted by molar-refractivity contribution is 5.88. The van der Waals surface area contributed by atoms with Crippen LogP contribution in [-0.4, -0.2) is 28.4 Å². The lowest BCUT2D eigenvalue weighted by molar-refractivity contribution is -0.132. The Morgan fingerprint density at radius 2 is 2.18 bits per heavy atom. The first kappa shape index (κ1) is 16.2. The number of aromatic nitrogens is 1. The van der Waals surface area contributed by atoms with Gasteiger partial charge in [-0.05, 0) is 24.5 Å². The van der Waals surface area contributed by atoms with Crippen LogP contribution >= 0.6 is 24.8 Å². The van der Waals surface area contributed by atoms with E-state index in [1.807, 2.05) is 12.1 Å². The highest BCUT2D eigenvalue weighted by Gasteiger charge is 2.47. The van der Waals surface area contributed by atoms with Crippen LogP contribution in [0.15, 0.2) is 24.5 Å². The maximum Gasteiger partial charge on any atom is 0.242 e. The normalized spacial score (nSPS) is 15.2. The number of carbonyl (C=O) groups is 1. The predicted octanol–water partition coefficient (Wildman–Crippen LogP) is 1.37. The summed E-state index contributed by atoms with van der Waals surface area (Å²) in [7, 11) is 1.78. The monoisotopic (exact) mass is 277 g/mol. The molecule has 1 aliphatic rings. The van der Waals surface area contributed by atoms with Gasteiger partial charge < -0.3 is 10.6 Å². The molecule has 96 valence electrons. The van der Waals surface area contributed by atoms with Gasteiger partial charge in [0.25, 0.3) is 0 Å². The summed E-state index contributed by atoms with van der Waals surface area (Å²) >= 11 is 0. The number of carbonyl (C=O) groups excluding carboxylic acids is 1. The quantitative estimate of drug-likeness (QED) is 0.908. The zero-order chi connectivity index (χ0) is 10.9. The molecule has 2 rings (SSSR count). The minimum absolute atomic E-state index is 0. The molecule has 4 nitrogen and oxygen atoms in total. The molecule has 6 heteroatoms.